The number of nitrogens with one attached hydrogen (secondary N) is 2. The Morgan fingerprint density at radius 3 is 2.42 bits per heavy atom. The number of likely N-dealkylation sites (tertiary alicyclic amines) is 1. The Hall–Kier alpha value is -3.65. The van der Waals surface area contributed by atoms with Gasteiger partial charge in [-0.3, -0.25) is 14.4 Å². The molecular formula is C32H37N3O5. The number of hydrogen-bond donors (Lipinski definition) is 2. The number of para-hydroxylation sites is 1. The summed E-state index contributed by atoms with van der Waals surface area (Å²) in [4.78, 5) is 43.2. The number of ether oxygens (including phenoxy) is 2. The summed E-state index contributed by atoms with van der Waals surface area (Å²) in [5, 5.41) is 6.21. The largest absolute Gasteiger partial charge is 0.457 e. The molecule has 4 aliphatic rings. The van der Waals surface area contributed by atoms with Crippen LogP contribution >= 0.6 is 0 Å². The second-order valence-electron chi connectivity index (χ2n) is 11.5. The van der Waals surface area contributed by atoms with Crippen LogP contribution in [0, 0.1) is 11.8 Å². The Morgan fingerprint density at radius 1 is 1.02 bits per heavy atom. The van der Waals surface area contributed by atoms with Gasteiger partial charge >= 0.3 is 0 Å². The van der Waals surface area contributed by atoms with Crippen LogP contribution in [0.15, 0.2) is 66.7 Å². The van der Waals surface area contributed by atoms with E-state index in [9.17, 15) is 14.4 Å². The minimum atomic E-state index is -1.14. The molecule has 2 saturated heterocycles. The second kappa shape index (κ2) is 10.7. The lowest BCUT2D eigenvalue weighted by atomic mass is 9.74. The van der Waals surface area contributed by atoms with Crippen molar-refractivity contribution in [2.75, 3.05) is 5.32 Å². The van der Waals surface area contributed by atoms with Gasteiger partial charge in [0.05, 0.1) is 17.9 Å². The number of benzene rings is 2. The van der Waals surface area contributed by atoms with E-state index in [2.05, 4.69) is 10.6 Å². The third-order valence-electron chi connectivity index (χ3n) is 8.98. The van der Waals surface area contributed by atoms with E-state index in [1.165, 1.54) is 6.42 Å². The normalized spacial score (nSPS) is 29.8. The molecule has 1 aliphatic carbocycles. The molecule has 8 heteroatoms. The van der Waals surface area contributed by atoms with E-state index < -0.39 is 29.6 Å². The molecule has 2 aromatic rings. The van der Waals surface area contributed by atoms with E-state index in [0.29, 0.717) is 17.9 Å². The molecule has 3 aliphatic heterocycles. The van der Waals surface area contributed by atoms with Gasteiger partial charge in [-0.15, -0.1) is 0 Å². The molecule has 1 spiro atoms. The first-order valence-electron chi connectivity index (χ1n) is 14.5. The lowest BCUT2D eigenvalue weighted by Crippen LogP contribution is -2.58. The first-order valence-corrected chi connectivity index (χ1v) is 14.5. The zero-order valence-corrected chi connectivity index (χ0v) is 23.0. The van der Waals surface area contributed by atoms with Crippen LogP contribution in [-0.4, -0.2) is 52.5 Å². The van der Waals surface area contributed by atoms with Gasteiger partial charge in [0.15, 0.2) is 0 Å². The molecule has 2 aromatic carbocycles. The Labute approximate surface area is 235 Å². The Morgan fingerprint density at radius 2 is 1.73 bits per heavy atom. The van der Waals surface area contributed by atoms with Crippen molar-refractivity contribution in [3.8, 4) is 11.5 Å². The molecule has 2 bridgehead atoms. The van der Waals surface area contributed by atoms with Crippen LogP contribution in [0.2, 0.25) is 0 Å². The molecule has 3 amide bonds. The number of carbonyl (C=O) groups is 3. The van der Waals surface area contributed by atoms with Crippen molar-refractivity contribution in [2.45, 2.75) is 82.2 Å². The van der Waals surface area contributed by atoms with Crippen molar-refractivity contribution in [3.63, 3.8) is 0 Å². The van der Waals surface area contributed by atoms with E-state index in [0.717, 1.165) is 31.4 Å². The molecule has 3 heterocycles. The summed E-state index contributed by atoms with van der Waals surface area (Å²) in [6.07, 6.45) is 9.14. The fraction of sp³-hybridized carbons (Fsp3) is 0.469. The van der Waals surface area contributed by atoms with Crippen LogP contribution in [0.25, 0.3) is 0 Å². The average molecular weight is 544 g/mol. The van der Waals surface area contributed by atoms with Crippen molar-refractivity contribution in [1.82, 2.24) is 10.2 Å². The van der Waals surface area contributed by atoms with Crippen molar-refractivity contribution in [3.05, 3.63) is 66.7 Å². The van der Waals surface area contributed by atoms with Gasteiger partial charge in [0.1, 0.15) is 23.1 Å². The summed E-state index contributed by atoms with van der Waals surface area (Å²) in [5.41, 5.74) is -0.540. The Bertz CT molecular complexity index is 1290. The van der Waals surface area contributed by atoms with Gasteiger partial charge in [-0.2, -0.15) is 0 Å². The topological polar surface area (TPSA) is 97.0 Å². The Balaban J connectivity index is 1.21. The summed E-state index contributed by atoms with van der Waals surface area (Å²) in [6.45, 7) is 3.96. The standard InChI is InChI=1S/C32H37N3O5/c1-3-20(2)35-28(30(37)34-21-10-6-4-7-11-21)32-19-18-25(40-32)26(27(32)31(35)38)29(36)33-22-14-16-24(17-15-22)39-23-12-8-5-9-13-23/h5,8-9,12-21,25-28H,3-4,6-7,10-11H2,1-2H3,(H,33,36)(H,34,37)/t20-,25-,26-,27-,28-,32-/m0/s1. The molecule has 0 unspecified atom stereocenters. The number of fused-ring (bicyclic) bond motifs is 1. The highest BCUT2D eigenvalue weighted by Gasteiger charge is 2.73. The van der Waals surface area contributed by atoms with Crippen molar-refractivity contribution in [1.29, 1.82) is 0 Å². The molecule has 40 heavy (non-hydrogen) atoms. The third kappa shape index (κ3) is 4.58. The van der Waals surface area contributed by atoms with Crippen molar-refractivity contribution < 1.29 is 23.9 Å². The van der Waals surface area contributed by atoms with E-state index in [1.54, 1.807) is 29.2 Å². The first kappa shape index (κ1) is 26.6. The average Bonchev–Trinajstić information content (AvgIpc) is 3.62. The number of hydrogen-bond acceptors (Lipinski definition) is 5. The monoisotopic (exact) mass is 543 g/mol. The number of rotatable bonds is 8. The van der Waals surface area contributed by atoms with Gasteiger partial charge in [-0.05, 0) is 62.6 Å². The lowest BCUT2D eigenvalue weighted by molar-refractivity contribution is -0.143. The van der Waals surface area contributed by atoms with Crippen LogP contribution < -0.4 is 15.4 Å². The highest BCUT2D eigenvalue weighted by atomic mass is 16.5. The van der Waals surface area contributed by atoms with Gasteiger partial charge in [-0.1, -0.05) is 56.5 Å². The second-order valence-corrected chi connectivity index (χ2v) is 11.5. The number of amides is 3. The SMILES string of the molecule is CC[C@H](C)N1C(=O)[C@@H]2[C@@H](C(=O)Nc3ccc(Oc4ccccc4)cc3)[C@@H]3C=C[C@@]2(O3)[C@@H]1C(=O)NC1CCCCC1. The summed E-state index contributed by atoms with van der Waals surface area (Å²) < 4.78 is 12.3. The maximum absolute atomic E-state index is 14.0. The summed E-state index contributed by atoms with van der Waals surface area (Å²) >= 11 is 0. The smallest absolute Gasteiger partial charge is 0.246 e. The predicted octanol–water partition coefficient (Wildman–Crippen LogP) is 4.82. The minimum Gasteiger partial charge on any atom is -0.457 e. The zero-order chi connectivity index (χ0) is 27.9. The summed E-state index contributed by atoms with van der Waals surface area (Å²) in [6, 6.07) is 15.8. The van der Waals surface area contributed by atoms with E-state index in [-0.39, 0.29) is 29.8 Å². The minimum absolute atomic E-state index is 0.112. The van der Waals surface area contributed by atoms with Crippen LogP contribution in [0.4, 0.5) is 5.69 Å². The molecular weight excluding hydrogens is 506 g/mol. The van der Waals surface area contributed by atoms with Crippen LogP contribution in [0.5, 0.6) is 11.5 Å². The molecule has 210 valence electrons. The van der Waals surface area contributed by atoms with Crippen LogP contribution in [0.1, 0.15) is 52.4 Å². The van der Waals surface area contributed by atoms with Gasteiger partial charge in [-0.25, -0.2) is 0 Å². The first-order chi connectivity index (χ1) is 19.4. The molecule has 6 rings (SSSR count). The molecule has 1 saturated carbocycles. The fourth-order valence-corrected chi connectivity index (χ4v) is 6.86. The van der Waals surface area contributed by atoms with Crippen LogP contribution in [-0.2, 0) is 19.1 Å². The predicted molar refractivity (Wildman–Crippen MR) is 151 cm³/mol. The highest BCUT2D eigenvalue weighted by molar-refractivity contribution is 6.03. The molecule has 8 nitrogen and oxygen atoms in total. The fourth-order valence-electron chi connectivity index (χ4n) is 6.86. The molecule has 0 aromatic heterocycles. The highest BCUT2D eigenvalue weighted by Crippen LogP contribution is 2.55. The third-order valence-corrected chi connectivity index (χ3v) is 8.98. The number of nitrogens with zero attached hydrogens (tertiary/aromatic N) is 1. The van der Waals surface area contributed by atoms with Crippen molar-refractivity contribution >= 4 is 23.4 Å². The molecule has 2 N–H and O–H groups in total. The van der Waals surface area contributed by atoms with E-state index in [1.807, 2.05) is 56.3 Å². The number of anilines is 1. The number of carbonyl (C=O) groups excluding carboxylic acids is 3. The molecule has 6 atom stereocenters. The summed E-state index contributed by atoms with van der Waals surface area (Å²) in [7, 11) is 0. The van der Waals surface area contributed by atoms with Crippen molar-refractivity contribution in [2.24, 2.45) is 11.8 Å². The van der Waals surface area contributed by atoms with E-state index >= 15 is 0 Å². The maximum atomic E-state index is 14.0. The summed E-state index contributed by atoms with van der Waals surface area (Å²) in [5.74, 6) is -0.750. The molecule has 3 fully saturated rings. The lowest BCUT2D eigenvalue weighted by Gasteiger charge is -2.36. The quantitative estimate of drug-likeness (QED) is 0.466. The zero-order valence-electron chi connectivity index (χ0n) is 23.0. The van der Waals surface area contributed by atoms with Gasteiger partial charge < -0.3 is 25.0 Å². The van der Waals surface area contributed by atoms with Gasteiger partial charge in [0.25, 0.3) is 0 Å². The Kier molecular flexibility index (Phi) is 7.13. The van der Waals surface area contributed by atoms with E-state index in [4.69, 9.17) is 9.47 Å². The van der Waals surface area contributed by atoms with Gasteiger partial charge in [0, 0.05) is 17.8 Å². The van der Waals surface area contributed by atoms with Crippen LogP contribution in [0.3, 0.4) is 0 Å². The van der Waals surface area contributed by atoms with Gasteiger partial charge in [0.2, 0.25) is 17.7 Å². The molecule has 0 radical (unpaired) electrons. The maximum Gasteiger partial charge on any atom is 0.246 e.